The molecule has 0 saturated heterocycles. The van der Waals surface area contributed by atoms with Crippen molar-refractivity contribution in [2.24, 2.45) is 5.92 Å². The quantitative estimate of drug-likeness (QED) is 0.804. The highest BCUT2D eigenvalue weighted by Crippen LogP contribution is 2.27. The van der Waals surface area contributed by atoms with Crippen molar-refractivity contribution in [2.75, 3.05) is 11.9 Å². The molecule has 0 aliphatic heterocycles. The van der Waals surface area contributed by atoms with Gasteiger partial charge in [-0.05, 0) is 32.6 Å². The number of nitrogens with zero attached hydrogens (tertiary/aromatic N) is 1. The number of hydrogen-bond donors (Lipinski definition) is 1. The fraction of sp³-hybridized carbons (Fsp3) is 0.700. The van der Waals surface area contributed by atoms with Gasteiger partial charge in [0.1, 0.15) is 0 Å². The Morgan fingerprint density at radius 3 is 2.69 bits per heavy atom. The van der Waals surface area contributed by atoms with Gasteiger partial charge in [-0.3, -0.25) is 0 Å². The third-order valence-electron chi connectivity index (χ3n) is 2.80. The van der Waals surface area contributed by atoms with Gasteiger partial charge in [0.05, 0.1) is 5.69 Å². The normalized spacial score (nSPS) is 17.1. The van der Waals surface area contributed by atoms with Crippen molar-refractivity contribution < 1.29 is 0 Å². The molecule has 72 valence electrons. The van der Waals surface area contributed by atoms with Gasteiger partial charge in [-0.15, -0.1) is 11.3 Å². The van der Waals surface area contributed by atoms with Crippen molar-refractivity contribution >= 4 is 16.5 Å². The Balaban J connectivity index is 1.86. The largest absolute Gasteiger partial charge is 0.361 e. The lowest BCUT2D eigenvalue weighted by molar-refractivity contribution is 0.333. The molecule has 1 heterocycles. The maximum atomic E-state index is 4.45. The lowest BCUT2D eigenvalue weighted by atomic mass is 9.86. The second-order valence-electron chi connectivity index (χ2n) is 3.84. The van der Waals surface area contributed by atoms with Gasteiger partial charge in [0.15, 0.2) is 5.13 Å². The summed E-state index contributed by atoms with van der Waals surface area (Å²) < 4.78 is 0. The molecule has 0 atom stereocenters. The van der Waals surface area contributed by atoms with Crippen LogP contribution in [0.1, 0.15) is 29.8 Å². The summed E-state index contributed by atoms with van der Waals surface area (Å²) in [5.74, 6) is 0.907. The van der Waals surface area contributed by atoms with Crippen molar-refractivity contribution in [1.82, 2.24) is 4.98 Å². The van der Waals surface area contributed by atoms with Crippen LogP contribution in [-0.2, 0) is 0 Å². The Kier molecular flexibility index (Phi) is 2.54. The molecule has 2 nitrogen and oxygen atoms in total. The Labute approximate surface area is 83.4 Å². The van der Waals surface area contributed by atoms with E-state index in [-0.39, 0.29) is 0 Å². The maximum Gasteiger partial charge on any atom is 0.183 e. The van der Waals surface area contributed by atoms with E-state index in [1.54, 1.807) is 11.3 Å². The average molecular weight is 196 g/mol. The number of aromatic nitrogens is 1. The van der Waals surface area contributed by atoms with Gasteiger partial charge in [0.25, 0.3) is 0 Å². The van der Waals surface area contributed by atoms with E-state index < -0.39 is 0 Å². The van der Waals surface area contributed by atoms with Crippen LogP contribution in [0.5, 0.6) is 0 Å². The van der Waals surface area contributed by atoms with Crippen LogP contribution in [0.3, 0.4) is 0 Å². The minimum atomic E-state index is 0.907. The lowest BCUT2D eigenvalue weighted by Crippen LogP contribution is -2.20. The molecule has 0 spiro atoms. The van der Waals surface area contributed by atoms with E-state index in [4.69, 9.17) is 0 Å². The lowest BCUT2D eigenvalue weighted by Gasteiger charge is -2.25. The summed E-state index contributed by atoms with van der Waals surface area (Å²) in [5.41, 5.74) is 1.17. The zero-order chi connectivity index (χ0) is 9.26. The standard InChI is InChI=1S/C10H16N2S/c1-7-8(2)13-10(12-7)11-6-9-4-3-5-9/h9H,3-6H2,1-2H3,(H,11,12). The van der Waals surface area contributed by atoms with Gasteiger partial charge in [0.2, 0.25) is 0 Å². The van der Waals surface area contributed by atoms with Crippen LogP contribution in [0.4, 0.5) is 5.13 Å². The molecular weight excluding hydrogens is 180 g/mol. The molecule has 0 aromatic carbocycles. The monoisotopic (exact) mass is 196 g/mol. The second-order valence-corrected chi connectivity index (χ2v) is 5.04. The van der Waals surface area contributed by atoms with E-state index in [1.165, 1.54) is 29.8 Å². The van der Waals surface area contributed by atoms with E-state index in [0.717, 1.165) is 17.6 Å². The van der Waals surface area contributed by atoms with Gasteiger partial charge >= 0.3 is 0 Å². The summed E-state index contributed by atoms with van der Waals surface area (Å²) in [6.07, 6.45) is 4.22. The first-order valence-corrected chi connectivity index (χ1v) is 5.75. The molecular formula is C10H16N2S. The highest BCUT2D eigenvalue weighted by Gasteiger charge is 2.17. The summed E-state index contributed by atoms with van der Waals surface area (Å²) in [6, 6.07) is 0. The second kappa shape index (κ2) is 3.66. The summed E-state index contributed by atoms with van der Waals surface area (Å²) in [6.45, 7) is 5.31. The first kappa shape index (κ1) is 9.00. The Bertz CT molecular complexity index is 270. The molecule has 0 unspecified atom stereocenters. The number of aryl methyl sites for hydroxylation is 2. The first-order valence-electron chi connectivity index (χ1n) is 4.93. The number of thiazole rings is 1. The minimum Gasteiger partial charge on any atom is -0.361 e. The molecule has 13 heavy (non-hydrogen) atoms. The summed E-state index contributed by atoms with van der Waals surface area (Å²) in [4.78, 5) is 5.78. The van der Waals surface area contributed by atoms with Gasteiger partial charge in [0, 0.05) is 11.4 Å². The molecule has 1 saturated carbocycles. The third-order valence-corrected chi connectivity index (χ3v) is 3.83. The van der Waals surface area contributed by atoms with Crippen LogP contribution >= 0.6 is 11.3 Å². The Hall–Kier alpha value is -0.570. The minimum absolute atomic E-state index is 0.907. The van der Waals surface area contributed by atoms with Gasteiger partial charge in [-0.1, -0.05) is 6.42 Å². The van der Waals surface area contributed by atoms with E-state index in [1.807, 2.05) is 0 Å². The molecule has 1 fully saturated rings. The van der Waals surface area contributed by atoms with Crippen LogP contribution in [-0.4, -0.2) is 11.5 Å². The predicted octanol–water partition coefficient (Wildman–Crippen LogP) is 2.97. The van der Waals surface area contributed by atoms with Gasteiger partial charge in [-0.25, -0.2) is 4.98 Å². The van der Waals surface area contributed by atoms with Crippen LogP contribution in [0.25, 0.3) is 0 Å². The predicted molar refractivity (Wildman–Crippen MR) is 57.4 cm³/mol. The highest BCUT2D eigenvalue weighted by molar-refractivity contribution is 7.15. The molecule has 1 aromatic heterocycles. The number of anilines is 1. The van der Waals surface area contributed by atoms with Crippen LogP contribution < -0.4 is 5.32 Å². The fourth-order valence-electron chi connectivity index (χ4n) is 1.48. The maximum absolute atomic E-state index is 4.45. The van der Waals surface area contributed by atoms with E-state index in [2.05, 4.69) is 24.1 Å². The number of nitrogens with one attached hydrogen (secondary N) is 1. The Morgan fingerprint density at radius 1 is 1.46 bits per heavy atom. The SMILES string of the molecule is Cc1nc(NCC2CCC2)sc1C. The summed E-state index contributed by atoms with van der Waals surface area (Å²) in [5, 5.41) is 4.51. The third kappa shape index (κ3) is 2.02. The van der Waals surface area contributed by atoms with Crippen LogP contribution in [0.2, 0.25) is 0 Å². The zero-order valence-electron chi connectivity index (χ0n) is 8.26. The molecule has 0 amide bonds. The molecule has 2 rings (SSSR count). The zero-order valence-corrected chi connectivity index (χ0v) is 9.08. The molecule has 1 aliphatic rings. The highest BCUT2D eigenvalue weighted by atomic mass is 32.1. The van der Waals surface area contributed by atoms with Crippen molar-refractivity contribution in [1.29, 1.82) is 0 Å². The summed E-state index contributed by atoms with van der Waals surface area (Å²) >= 11 is 1.77. The van der Waals surface area contributed by atoms with Gasteiger partial charge in [-0.2, -0.15) is 0 Å². The van der Waals surface area contributed by atoms with Crippen molar-refractivity contribution in [2.45, 2.75) is 33.1 Å². The van der Waals surface area contributed by atoms with Gasteiger partial charge < -0.3 is 5.32 Å². The molecule has 1 N–H and O–H groups in total. The fourth-order valence-corrected chi connectivity index (χ4v) is 2.30. The van der Waals surface area contributed by atoms with Crippen LogP contribution in [0, 0.1) is 19.8 Å². The van der Waals surface area contributed by atoms with Crippen LogP contribution in [0.15, 0.2) is 0 Å². The van der Waals surface area contributed by atoms with Crippen molar-refractivity contribution in [3.8, 4) is 0 Å². The molecule has 3 heteroatoms. The van der Waals surface area contributed by atoms with Crippen molar-refractivity contribution in [3.63, 3.8) is 0 Å². The topological polar surface area (TPSA) is 24.9 Å². The molecule has 1 aliphatic carbocycles. The number of rotatable bonds is 3. The van der Waals surface area contributed by atoms with E-state index >= 15 is 0 Å². The Morgan fingerprint density at radius 2 is 2.23 bits per heavy atom. The smallest absolute Gasteiger partial charge is 0.183 e. The summed E-state index contributed by atoms with van der Waals surface area (Å²) in [7, 11) is 0. The molecule has 0 bridgehead atoms. The number of hydrogen-bond acceptors (Lipinski definition) is 3. The van der Waals surface area contributed by atoms with Crippen molar-refractivity contribution in [3.05, 3.63) is 10.6 Å². The average Bonchev–Trinajstić information content (AvgIpc) is 2.28. The molecule has 1 aromatic rings. The van der Waals surface area contributed by atoms with E-state index in [9.17, 15) is 0 Å². The first-order chi connectivity index (χ1) is 6.25. The molecule has 0 radical (unpaired) electrons. The van der Waals surface area contributed by atoms with E-state index in [0.29, 0.717) is 0 Å².